The van der Waals surface area contributed by atoms with Gasteiger partial charge in [-0.3, -0.25) is 4.79 Å². The molecule has 0 aliphatic carbocycles. The van der Waals surface area contributed by atoms with E-state index in [2.05, 4.69) is 10.3 Å². The van der Waals surface area contributed by atoms with Crippen molar-refractivity contribution in [2.75, 3.05) is 37.0 Å². The zero-order chi connectivity index (χ0) is 16.2. The third-order valence-electron chi connectivity index (χ3n) is 3.86. The number of sulfone groups is 1. The molecule has 122 valence electrons. The fourth-order valence-electron chi connectivity index (χ4n) is 2.72. The molecule has 1 aliphatic rings. The molecule has 1 amide bonds. The van der Waals surface area contributed by atoms with E-state index in [4.69, 9.17) is 0 Å². The first-order valence-electron chi connectivity index (χ1n) is 7.50. The summed E-state index contributed by atoms with van der Waals surface area (Å²) in [5, 5.41) is 2.88. The molecule has 22 heavy (non-hydrogen) atoms. The Morgan fingerprint density at radius 1 is 1.45 bits per heavy atom. The van der Waals surface area contributed by atoms with E-state index in [9.17, 15) is 13.2 Å². The highest BCUT2D eigenvalue weighted by molar-refractivity contribution is 7.91. The van der Waals surface area contributed by atoms with Crippen LogP contribution in [0.15, 0.2) is 18.3 Å². The minimum absolute atomic E-state index is 0.143. The van der Waals surface area contributed by atoms with Crippen molar-refractivity contribution >= 4 is 21.6 Å². The van der Waals surface area contributed by atoms with Crippen molar-refractivity contribution in [1.82, 2.24) is 10.3 Å². The summed E-state index contributed by atoms with van der Waals surface area (Å²) in [5.41, 5.74) is 0.552. The SMILES string of the molecule is CN(C)c1ncccc1C(=O)NCCCC1CCS(=O)(=O)C1. The maximum Gasteiger partial charge on any atom is 0.255 e. The van der Waals surface area contributed by atoms with Crippen LogP contribution in [0.5, 0.6) is 0 Å². The second-order valence-corrected chi connectivity index (χ2v) is 8.16. The van der Waals surface area contributed by atoms with Crippen LogP contribution < -0.4 is 10.2 Å². The molecule has 1 unspecified atom stereocenters. The molecule has 7 heteroatoms. The molecule has 1 saturated heterocycles. The van der Waals surface area contributed by atoms with E-state index >= 15 is 0 Å². The number of hydrogen-bond donors (Lipinski definition) is 1. The maximum atomic E-state index is 12.2. The molecular formula is C15H23N3O3S. The molecule has 1 atom stereocenters. The van der Waals surface area contributed by atoms with Crippen LogP contribution in [0.2, 0.25) is 0 Å². The lowest BCUT2D eigenvalue weighted by molar-refractivity contribution is 0.0952. The molecule has 0 spiro atoms. The Kier molecular flexibility index (Phi) is 5.39. The van der Waals surface area contributed by atoms with Gasteiger partial charge in [-0.2, -0.15) is 0 Å². The van der Waals surface area contributed by atoms with Crippen LogP contribution >= 0.6 is 0 Å². The Bertz CT molecular complexity index is 629. The van der Waals surface area contributed by atoms with Crippen molar-refractivity contribution in [3.8, 4) is 0 Å². The highest BCUT2D eigenvalue weighted by Crippen LogP contribution is 2.22. The molecule has 0 radical (unpaired) electrons. The van der Waals surface area contributed by atoms with Gasteiger partial charge in [0, 0.05) is 26.8 Å². The second kappa shape index (κ2) is 7.09. The Hall–Kier alpha value is -1.63. The first-order chi connectivity index (χ1) is 10.4. The molecule has 6 nitrogen and oxygen atoms in total. The molecule has 2 heterocycles. The summed E-state index contributed by atoms with van der Waals surface area (Å²) in [4.78, 5) is 18.2. The van der Waals surface area contributed by atoms with Crippen LogP contribution in [0.25, 0.3) is 0 Å². The topological polar surface area (TPSA) is 79.4 Å². The molecule has 0 saturated carbocycles. The van der Waals surface area contributed by atoms with Crippen molar-refractivity contribution in [1.29, 1.82) is 0 Å². The van der Waals surface area contributed by atoms with Crippen molar-refractivity contribution in [3.05, 3.63) is 23.9 Å². The van der Waals surface area contributed by atoms with Crippen molar-refractivity contribution in [3.63, 3.8) is 0 Å². The molecule has 2 rings (SSSR count). The highest BCUT2D eigenvalue weighted by Gasteiger charge is 2.27. The van der Waals surface area contributed by atoms with Crippen LogP contribution in [-0.4, -0.2) is 51.5 Å². The van der Waals surface area contributed by atoms with Crippen molar-refractivity contribution < 1.29 is 13.2 Å². The van der Waals surface area contributed by atoms with Crippen molar-refractivity contribution in [2.45, 2.75) is 19.3 Å². The van der Waals surface area contributed by atoms with Gasteiger partial charge in [-0.1, -0.05) is 0 Å². The predicted octanol–water partition coefficient (Wildman–Crippen LogP) is 1.09. The van der Waals surface area contributed by atoms with Gasteiger partial charge in [-0.05, 0) is 37.3 Å². The summed E-state index contributed by atoms with van der Waals surface area (Å²) in [6, 6.07) is 3.49. The molecular weight excluding hydrogens is 302 g/mol. The summed E-state index contributed by atoms with van der Waals surface area (Å²) < 4.78 is 22.8. The summed E-state index contributed by atoms with van der Waals surface area (Å²) >= 11 is 0. The smallest absolute Gasteiger partial charge is 0.255 e. The van der Waals surface area contributed by atoms with Gasteiger partial charge >= 0.3 is 0 Å². The molecule has 1 aromatic heterocycles. The van der Waals surface area contributed by atoms with Crippen molar-refractivity contribution in [2.24, 2.45) is 5.92 Å². The summed E-state index contributed by atoms with van der Waals surface area (Å²) in [7, 11) is 0.886. The number of anilines is 1. The fourth-order valence-corrected chi connectivity index (χ4v) is 4.63. The standard InChI is InChI=1S/C15H23N3O3S/c1-18(2)14-13(6-4-8-16-14)15(19)17-9-3-5-12-7-10-22(20,21)11-12/h4,6,8,12H,3,5,7,9-11H2,1-2H3,(H,17,19). The van der Waals surface area contributed by atoms with Gasteiger partial charge in [0.25, 0.3) is 5.91 Å². The van der Waals surface area contributed by atoms with Gasteiger partial charge in [0.1, 0.15) is 5.82 Å². The number of nitrogens with one attached hydrogen (secondary N) is 1. The van der Waals surface area contributed by atoms with Crippen LogP contribution in [0.3, 0.4) is 0 Å². The molecule has 0 aromatic carbocycles. The van der Waals surface area contributed by atoms with Gasteiger partial charge in [-0.15, -0.1) is 0 Å². The van der Waals surface area contributed by atoms with E-state index < -0.39 is 9.84 Å². The summed E-state index contributed by atoms with van der Waals surface area (Å²) in [6.45, 7) is 0.553. The lowest BCUT2D eigenvalue weighted by atomic mass is 10.0. The predicted molar refractivity (Wildman–Crippen MR) is 86.9 cm³/mol. The molecule has 1 aliphatic heterocycles. The monoisotopic (exact) mass is 325 g/mol. The lowest BCUT2D eigenvalue weighted by Gasteiger charge is -2.15. The molecule has 1 fully saturated rings. The molecule has 1 aromatic rings. The van der Waals surface area contributed by atoms with Gasteiger partial charge in [-0.25, -0.2) is 13.4 Å². The number of carbonyl (C=O) groups excluding carboxylic acids is 1. The highest BCUT2D eigenvalue weighted by atomic mass is 32.2. The minimum atomic E-state index is -2.81. The Labute approximate surface area is 131 Å². The van der Waals surface area contributed by atoms with E-state index in [1.807, 2.05) is 14.1 Å². The minimum Gasteiger partial charge on any atom is -0.362 e. The first-order valence-corrected chi connectivity index (χ1v) is 9.32. The second-order valence-electron chi connectivity index (χ2n) is 5.94. The number of pyridine rings is 1. The lowest BCUT2D eigenvalue weighted by Crippen LogP contribution is -2.27. The zero-order valence-corrected chi connectivity index (χ0v) is 13.9. The van der Waals surface area contributed by atoms with Gasteiger partial charge in [0.05, 0.1) is 17.1 Å². The molecule has 0 bridgehead atoms. The third-order valence-corrected chi connectivity index (χ3v) is 5.69. The van der Waals surface area contributed by atoms with E-state index in [1.165, 1.54) is 0 Å². The fraction of sp³-hybridized carbons (Fsp3) is 0.600. The zero-order valence-electron chi connectivity index (χ0n) is 13.1. The van der Waals surface area contributed by atoms with Gasteiger partial charge < -0.3 is 10.2 Å². The van der Waals surface area contributed by atoms with E-state index in [0.717, 1.165) is 19.3 Å². The molecule has 1 N–H and O–H groups in total. The van der Waals surface area contributed by atoms with E-state index in [-0.39, 0.29) is 11.8 Å². The van der Waals surface area contributed by atoms with Crippen LogP contribution in [0.4, 0.5) is 5.82 Å². The van der Waals surface area contributed by atoms with E-state index in [1.54, 1.807) is 23.2 Å². The normalized spacial score (nSPS) is 19.8. The number of amides is 1. The summed E-state index contributed by atoms with van der Waals surface area (Å²) in [5.74, 6) is 1.36. The quantitative estimate of drug-likeness (QED) is 0.792. The average Bonchev–Trinajstić information content (AvgIpc) is 2.82. The Morgan fingerprint density at radius 2 is 2.23 bits per heavy atom. The first kappa shape index (κ1) is 16.7. The van der Waals surface area contributed by atoms with Crippen LogP contribution in [0, 0.1) is 5.92 Å². The number of hydrogen-bond acceptors (Lipinski definition) is 5. The number of rotatable bonds is 6. The van der Waals surface area contributed by atoms with Gasteiger partial charge in [0.2, 0.25) is 0 Å². The Morgan fingerprint density at radius 3 is 2.86 bits per heavy atom. The maximum absolute atomic E-state index is 12.2. The van der Waals surface area contributed by atoms with Gasteiger partial charge in [0.15, 0.2) is 9.84 Å². The number of nitrogens with zero attached hydrogens (tertiary/aromatic N) is 2. The largest absolute Gasteiger partial charge is 0.362 e. The number of aromatic nitrogens is 1. The van der Waals surface area contributed by atoms with Crippen LogP contribution in [0.1, 0.15) is 29.6 Å². The van der Waals surface area contributed by atoms with Crippen LogP contribution in [-0.2, 0) is 9.84 Å². The Balaban J connectivity index is 1.79. The number of carbonyl (C=O) groups is 1. The average molecular weight is 325 g/mol. The third kappa shape index (κ3) is 4.43. The summed E-state index contributed by atoms with van der Waals surface area (Å²) in [6.07, 6.45) is 4.05. The van der Waals surface area contributed by atoms with E-state index in [0.29, 0.717) is 29.4 Å².